The molecule has 2 N–H and O–H groups in total. The van der Waals surface area contributed by atoms with Crippen LogP contribution in [0.4, 0.5) is 14.6 Å². The molecule has 1 aromatic heterocycles. The number of carbonyl (C=O) groups excluding carboxylic acids is 2. The molecule has 1 saturated heterocycles. The Bertz CT molecular complexity index is 1040. The van der Waals surface area contributed by atoms with Crippen molar-refractivity contribution in [3.05, 3.63) is 46.9 Å². The van der Waals surface area contributed by atoms with Crippen LogP contribution in [0.25, 0.3) is 0 Å². The number of carbonyl (C=O) groups is 2. The number of halogens is 3. The molecule has 2 heterocycles. The average molecular weight is 466 g/mol. The summed E-state index contributed by atoms with van der Waals surface area (Å²) >= 11 is 6.40. The van der Waals surface area contributed by atoms with Crippen LogP contribution in [0.5, 0.6) is 5.75 Å². The van der Waals surface area contributed by atoms with E-state index in [0.29, 0.717) is 50.3 Å². The molecule has 8 nitrogen and oxygen atoms in total. The lowest BCUT2D eigenvalue weighted by molar-refractivity contribution is -0.129. The molecular weight excluding hydrogens is 444 g/mol. The highest BCUT2D eigenvalue weighted by Crippen LogP contribution is 2.48. The molecule has 0 atom stereocenters. The van der Waals surface area contributed by atoms with E-state index in [1.54, 1.807) is 0 Å². The van der Waals surface area contributed by atoms with Crippen LogP contribution in [-0.4, -0.2) is 41.0 Å². The Kier molecular flexibility index (Phi) is 6.14. The van der Waals surface area contributed by atoms with Crippen LogP contribution in [0.2, 0.25) is 5.15 Å². The SMILES string of the molecule is CC(=O)NNC(=O)C1(c2cnc(N3CCC(Oc4ccc(F)cc4F)CC3)c(Cl)n2)CC1. The van der Waals surface area contributed by atoms with E-state index in [0.717, 1.165) is 12.1 Å². The summed E-state index contributed by atoms with van der Waals surface area (Å²) in [5.41, 5.74) is 4.30. The van der Waals surface area contributed by atoms with Crippen LogP contribution >= 0.6 is 11.6 Å². The van der Waals surface area contributed by atoms with E-state index in [4.69, 9.17) is 16.3 Å². The molecule has 32 heavy (non-hydrogen) atoms. The van der Waals surface area contributed by atoms with Gasteiger partial charge in [0, 0.05) is 38.9 Å². The average Bonchev–Trinajstić information content (AvgIpc) is 3.57. The first-order valence-corrected chi connectivity index (χ1v) is 10.6. The van der Waals surface area contributed by atoms with E-state index < -0.39 is 17.0 Å². The second kappa shape index (κ2) is 8.85. The Morgan fingerprint density at radius 1 is 1.22 bits per heavy atom. The van der Waals surface area contributed by atoms with E-state index in [-0.39, 0.29) is 28.8 Å². The number of amides is 2. The fourth-order valence-electron chi connectivity index (χ4n) is 3.73. The predicted molar refractivity (Wildman–Crippen MR) is 112 cm³/mol. The number of nitrogens with zero attached hydrogens (tertiary/aromatic N) is 3. The molecule has 1 aromatic carbocycles. The molecule has 11 heteroatoms. The lowest BCUT2D eigenvalue weighted by Crippen LogP contribution is -2.46. The number of hydrazine groups is 1. The molecule has 0 radical (unpaired) electrons. The van der Waals surface area contributed by atoms with Crippen molar-refractivity contribution in [3.63, 3.8) is 0 Å². The molecular formula is C21H22ClF2N5O3. The summed E-state index contributed by atoms with van der Waals surface area (Å²) in [6.07, 6.45) is 3.69. The van der Waals surface area contributed by atoms with Crippen LogP contribution in [-0.2, 0) is 15.0 Å². The van der Waals surface area contributed by atoms with Crippen LogP contribution in [0, 0.1) is 11.6 Å². The Morgan fingerprint density at radius 3 is 2.53 bits per heavy atom. The minimum absolute atomic E-state index is 0.0271. The second-order valence-electron chi connectivity index (χ2n) is 7.97. The maximum atomic E-state index is 13.8. The Labute approximate surface area is 188 Å². The third-order valence-corrected chi connectivity index (χ3v) is 5.92. The van der Waals surface area contributed by atoms with Gasteiger partial charge in [0.2, 0.25) is 5.91 Å². The summed E-state index contributed by atoms with van der Waals surface area (Å²) in [4.78, 5) is 34.3. The molecule has 170 valence electrons. The van der Waals surface area contributed by atoms with Crippen LogP contribution in [0.3, 0.4) is 0 Å². The van der Waals surface area contributed by atoms with Crippen molar-refractivity contribution in [2.75, 3.05) is 18.0 Å². The van der Waals surface area contributed by atoms with Gasteiger partial charge in [-0.25, -0.2) is 18.7 Å². The Morgan fingerprint density at radius 2 is 1.94 bits per heavy atom. The highest BCUT2D eigenvalue weighted by molar-refractivity contribution is 6.31. The molecule has 0 spiro atoms. The number of piperidine rings is 1. The van der Waals surface area contributed by atoms with Gasteiger partial charge in [0.15, 0.2) is 22.5 Å². The zero-order valence-corrected chi connectivity index (χ0v) is 18.1. The topological polar surface area (TPSA) is 96.5 Å². The molecule has 2 amide bonds. The molecule has 0 unspecified atom stereocenters. The van der Waals surface area contributed by atoms with E-state index in [1.807, 2.05) is 4.90 Å². The summed E-state index contributed by atoms with van der Waals surface area (Å²) in [5, 5.41) is 0.185. The van der Waals surface area contributed by atoms with Crippen LogP contribution < -0.4 is 20.5 Å². The Hall–Kier alpha value is -3.01. The normalized spacial score (nSPS) is 17.6. The monoisotopic (exact) mass is 465 g/mol. The van der Waals surface area contributed by atoms with Crippen LogP contribution in [0.1, 0.15) is 38.3 Å². The summed E-state index contributed by atoms with van der Waals surface area (Å²) in [7, 11) is 0. The first kappa shape index (κ1) is 22.2. The van der Waals surface area contributed by atoms with Crippen molar-refractivity contribution in [1.82, 2.24) is 20.8 Å². The molecule has 2 aliphatic rings. The zero-order valence-electron chi connectivity index (χ0n) is 17.3. The van der Waals surface area contributed by atoms with Gasteiger partial charge < -0.3 is 9.64 Å². The fourth-order valence-corrected chi connectivity index (χ4v) is 3.99. The van der Waals surface area contributed by atoms with Gasteiger partial charge in [-0.05, 0) is 25.0 Å². The smallest absolute Gasteiger partial charge is 0.250 e. The number of anilines is 1. The number of rotatable bonds is 5. The van der Waals surface area contributed by atoms with Gasteiger partial charge in [0.05, 0.1) is 17.3 Å². The fraction of sp³-hybridized carbons (Fsp3) is 0.429. The summed E-state index contributed by atoms with van der Waals surface area (Å²) < 4.78 is 32.6. The van der Waals surface area contributed by atoms with E-state index in [9.17, 15) is 18.4 Å². The second-order valence-corrected chi connectivity index (χ2v) is 8.32. The van der Waals surface area contributed by atoms with Gasteiger partial charge in [-0.1, -0.05) is 11.6 Å². The largest absolute Gasteiger partial charge is 0.487 e. The third kappa shape index (κ3) is 4.59. The van der Waals surface area contributed by atoms with Gasteiger partial charge in [0.25, 0.3) is 5.91 Å². The van der Waals surface area contributed by atoms with Gasteiger partial charge in [-0.2, -0.15) is 0 Å². The molecule has 1 aliphatic heterocycles. The molecule has 0 bridgehead atoms. The summed E-state index contributed by atoms with van der Waals surface area (Å²) in [6.45, 7) is 2.43. The molecule has 2 fully saturated rings. The maximum absolute atomic E-state index is 13.8. The van der Waals surface area contributed by atoms with Crippen molar-refractivity contribution in [2.45, 2.75) is 44.1 Å². The molecule has 1 saturated carbocycles. The predicted octanol–water partition coefficient (Wildman–Crippen LogP) is 2.65. The lowest BCUT2D eigenvalue weighted by Gasteiger charge is -2.33. The first-order valence-electron chi connectivity index (χ1n) is 10.3. The number of hydrogen-bond donors (Lipinski definition) is 2. The minimum atomic E-state index is -0.836. The number of benzene rings is 1. The standard InChI is InChI=1S/C21H22ClF2N5O3/c1-12(30)27-28-20(31)21(6-7-21)17-11-25-19(18(22)26-17)29-8-4-14(5-9-29)32-16-3-2-13(23)10-15(16)24/h2-3,10-11,14H,4-9H2,1H3,(H,27,30)(H,28,31). The number of ether oxygens (including phenoxy) is 1. The highest BCUT2D eigenvalue weighted by atomic mass is 35.5. The number of nitrogens with one attached hydrogen (secondary N) is 2. The lowest BCUT2D eigenvalue weighted by atomic mass is 10.0. The third-order valence-electron chi connectivity index (χ3n) is 5.67. The maximum Gasteiger partial charge on any atom is 0.250 e. The van der Waals surface area contributed by atoms with Crippen molar-refractivity contribution in [1.29, 1.82) is 0 Å². The van der Waals surface area contributed by atoms with Crippen molar-refractivity contribution < 1.29 is 23.1 Å². The highest BCUT2D eigenvalue weighted by Gasteiger charge is 2.53. The molecule has 2 aromatic rings. The molecule has 4 rings (SSSR count). The van der Waals surface area contributed by atoms with E-state index in [1.165, 1.54) is 19.2 Å². The minimum Gasteiger partial charge on any atom is -0.487 e. The van der Waals surface area contributed by atoms with Gasteiger partial charge >= 0.3 is 0 Å². The van der Waals surface area contributed by atoms with E-state index >= 15 is 0 Å². The quantitative estimate of drug-likeness (QED) is 0.659. The van der Waals surface area contributed by atoms with Crippen LogP contribution in [0.15, 0.2) is 24.4 Å². The van der Waals surface area contributed by atoms with Gasteiger partial charge in [0.1, 0.15) is 11.9 Å². The Balaban J connectivity index is 1.38. The van der Waals surface area contributed by atoms with Crippen molar-refractivity contribution >= 4 is 29.2 Å². The van der Waals surface area contributed by atoms with Crippen molar-refractivity contribution in [2.24, 2.45) is 0 Å². The van der Waals surface area contributed by atoms with Gasteiger partial charge in [-0.3, -0.25) is 20.4 Å². The van der Waals surface area contributed by atoms with Crippen molar-refractivity contribution in [3.8, 4) is 5.75 Å². The molecule has 1 aliphatic carbocycles. The summed E-state index contributed by atoms with van der Waals surface area (Å²) in [6, 6.07) is 3.24. The van der Waals surface area contributed by atoms with Gasteiger partial charge in [-0.15, -0.1) is 0 Å². The zero-order chi connectivity index (χ0) is 22.9. The number of hydrogen-bond acceptors (Lipinski definition) is 6. The first-order chi connectivity index (χ1) is 15.3. The number of aromatic nitrogens is 2. The summed E-state index contributed by atoms with van der Waals surface area (Å²) in [5.74, 6) is -1.57. The van der Waals surface area contributed by atoms with E-state index in [2.05, 4.69) is 20.8 Å².